The standard InChI is InChI=1S/C15H18F3NO2/c1-21-14(20)13-9-19-7-6-11(13)8-10-2-4-12(5-3-10)15(16,17)18/h2-5,11,13,19H,6-9H2,1H3/t11-,13-/m0/s1. The van der Waals surface area contributed by atoms with Gasteiger partial charge < -0.3 is 10.1 Å². The fourth-order valence-electron chi connectivity index (χ4n) is 2.72. The summed E-state index contributed by atoms with van der Waals surface area (Å²) >= 11 is 0. The Hall–Kier alpha value is -1.56. The lowest BCUT2D eigenvalue weighted by Crippen LogP contribution is -2.42. The van der Waals surface area contributed by atoms with Crippen molar-refractivity contribution in [3.8, 4) is 0 Å². The lowest BCUT2D eigenvalue weighted by atomic mass is 9.82. The predicted octanol–water partition coefficient (Wildman–Crippen LogP) is 2.65. The number of hydrogen-bond donors (Lipinski definition) is 1. The number of halogens is 3. The van der Waals surface area contributed by atoms with Gasteiger partial charge >= 0.3 is 12.1 Å². The van der Waals surface area contributed by atoms with Crippen molar-refractivity contribution in [1.29, 1.82) is 0 Å². The van der Waals surface area contributed by atoms with Crippen molar-refractivity contribution in [3.63, 3.8) is 0 Å². The highest BCUT2D eigenvalue weighted by atomic mass is 19.4. The zero-order valence-electron chi connectivity index (χ0n) is 11.7. The van der Waals surface area contributed by atoms with E-state index in [9.17, 15) is 18.0 Å². The van der Waals surface area contributed by atoms with Gasteiger partial charge in [0.05, 0.1) is 18.6 Å². The molecule has 0 radical (unpaired) electrons. The van der Waals surface area contributed by atoms with E-state index in [4.69, 9.17) is 4.74 Å². The maximum Gasteiger partial charge on any atom is 0.416 e. The Bertz CT molecular complexity index is 485. The molecule has 1 aliphatic rings. The van der Waals surface area contributed by atoms with E-state index in [0.717, 1.165) is 30.7 Å². The third-order valence-corrected chi connectivity index (χ3v) is 3.91. The van der Waals surface area contributed by atoms with Crippen LogP contribution in [0.4, 0.5) is 13.2 Å². The van der Waals surface area contributed by atoms with Gasteiger partial charge in [-0.3, -0.25) is 4.79 Å². The average Bonchev–Trinajstić information content (AvgIpc) is 2.46. The van der Waals surface area contributed by atoms with Crippen molar-refractivity contribution in [2.45, 2.75) is 19.0 Å². The number of methoxy groups -OCH3 is 1. The average molecular weight is 301 g/mol. The quantitative estimate of drug-likeness (QED) is 0.872. The lowest BCUT2D eigenvalue weighted by Gasteiger charge is -2.30. The molecule has 0 unspecified atom stereocenters. The molecule has 2 rings (SSSR count). The van der Waals surface area contributed by atoms with Crippen LogP contribution in [-0.2, 0) is 22.1 Å². The Morgan fingerprint density at radius 2 is 2.00 bits per heavy atom. The summed E-state index contributed by atoms with van der Waals surface area (Å²) in [7, 11) is 1.35. The number of nitrogens with one attached hydrogen (secondary N) is 1. The molecule has 1 N–H and O–H groups in total. The molecule has 2 atom stereocenters. The Kier molecular flexibility index (Phi) is 4.88. The minimum Gasteiger partial charge on any atom is -0.469 e. The van der Waals surface area contributed by atoms with Crippen LogP contribution in [0.15, 0.2) is 24.3 Å². The molecular formula is C15H18F3NO2. The Balaban J connectivity index is 2.07. The number of rotatable bonds is 3. The molecule has 116 valence electrons. The molecule has 0 amide bonds. The molecule has 0 aromatic heterocycles. The van der Waals surface area contributed by atoms with Crippen LogP contribution < -0.4 is 5.32 Å². The second-order valence-corrected chi connectivity index (χ2v) is 5.28. The number of benzene rings is 1. The monoisotopic (exact) mass is 301 g/mol. The van der Waals surface area contributed by atoms with Gasteiger partial charge in [-0.15, -0.1) is 0 Å². The van der Waals surface area contributed by atoms with E-state index in [1.807, 2.05) is 0 Å². The van der Waals surface area contributed by atoms with Crippen LogP contribution in [0.25, 0.3) is 0 Å². The molecule has 6 heteroatoms. The summed E-state index contributed by atoms with van der Waals surface area (Å²) in [6.07, 6.45) is -2.93. The highest BCUT2D eigenvalue weighted by Gasteiger charge is 2.32. The predicted molar refractivity (Wildman–Crippen MR) is 71.6 cm³/mol. The van der Waals surface area contributed by atoms with Crippen LogP contribution in [0.5, 0.6) is 0 Å². The van der Waals surface area contributed by atoms with Crippen LogP contribution in [0, 0.1) is 11.8 Å². The summed E-state index contributed by atoms with van der Waals surface area (Å²) in [5.74, 6) is -0.416. The van der Waals surface area contributed by atoms with Gasteiger partial charge in [0.25, 0.3) is 0 Å². The smallest absolute Gasteiger partial charge is 0.416 e. The summed E-state index contributed by atoms with van der Waals surface area (Å²) in [4.78, 5) is 11.7. The molecule has 1 aliphatic heterocycles. The van der Waals surface area contributed by atoms with Gasteiger partial charge in [0.2, 0.25) is 0 Å². The molecule has 1 aromatic rings. The summed E-state index contributed by atoms with van der Waals surface area (Å²) in [6, 6.07) is 5.14. The van der Waals surface area contributed by atoms with E-state index in [-0.39, 0.29) is 17.8 Å². The first-order valence-corrected chi connectivity index (χ1v) is 6.86. The van der Waals surface area contributed by atoms with Crippen molar-refractivity contribution in [2.24, 2.45) is 11.8 Å². The fraction of sp³-hybridized carbons (Fsp3) is 0.533. The molecule has 1 saturated heterocycles. The largest absolute Gasteiger partial charge is 0.469 e. The topological polar surface area (TPSA) is 38.3 Å². The van der Waals surface area contributed by atoms with Crippen LogP contribution in [0.1, 0.15) is 17.5 Å². The second kappa shape index (κ2) is 6.47. The van der Waals surface area contributed by atoms with E-state index >= 15 is 0 Å². The minimum absolute atomic E-state index is 0.0930. The van der Waals surface area contributed by atoms with Gasteiger partial charge in [-0.25, -0.2) is 0 Å². The molecule has 1 fully saturated rings. The summed E-state index contributed by atoms with van der Waals surface area (Å²) in [5, 5.41) is 3.15. The van der Waals surface area contributed by atoms with Crippen LogP contribution in [0.2, 0.25) is 0 Å². The third-order valence-electron chi connectivity index (χ3n) is 3.91. The third kappa shape index (κ3) is 3.97. The molecular weight excluding hydrogens is 283 g/mol. The second-order valence-electron chi connectivity index (χ2n) is 5.28. The summed E-state index contributed by atoms with van der Waals surface area (Å²) < 4.78 is 42.4. The van der Waals surface area contributed by atoms with Gasteiger partial charge in [0, 0.05) is 6.54 Å². The zero-order valence-corrected chi connectivity index (χ0v) is 11.7. The van der Waals surface area contributed by atoms with E-state index in [2.05, 4.69) is 5.32 Å². The normalized spacial score (nSPS) is 22.9. The molecule has 0 aliphatic carbocycles. The van der Waals surface area contributed by atoms with E-state index in [0.29, 0.717) is 13.0 Å². The first-order valence-electron chi connectivity index (χ1n) is 6.86. The molecule has 0 spiro atoms. The number of piperidine rings is 1. The van der Waals surface area contributed by atoms with Crippen molar-refractivity contribution in [1.82, 2.24) is 5.32 Å². The highest BCUT2D eigenvalue weighted by Crippen LogP contribution is 2.30. The molecule has 0 saturated carbocycles. The summed E-state index contributed by atoms with van der Waals surface area (Å²) in [6.45, 7) is 1.36. The fourth-order valence-corrected chi connectivity index (χ4v) is 2.72. The number of hydrogen-bond acceptors (Lipinski definition) is 3. The van der Waals surface area contributed by atoms with Gasteiger partial charge in [-0.05, 0) is 43.0 Å². The maximum absolute atomic E-state index is 12.5. The number of ether oxygens (including phenoxy) is 1. The van der Waals surface area contributed by atoms with Crippen LogP contribution in [0.3, 0.4) is 0 Å². The Morgan fingerprint density at radius 3 is 2.57 bits per heavy atom. The molecule has 1 aromatic carbocycles. The van der Waals surface area contributed by atoms with Gasteiger partial charge in [-0.2, -0.15) is 13.2 Å². The molecule has 3 nitrogen and oxygen atoms in total. The van der Waals surface area contributed by atoms with Crippen molar-refractivity contribution in [3.05, 3.63) is 35.4 Å². The molecule has 1 heterocycles. The first kappa shape index (κ1) is 15.8. The van der Waals surface area contributed by atoms with E-state index in [1.54, 1.807) is 0 Å². The van der Waals surface area contributed by atoms with E-state index in [1.165, 1.54) is 19.2 Å². The number of carbonyl (C=O) groups is 1. The Labute approximate surface area is 121 Å². The first-order chi connectivity index (χ1) is 9.91. The molecule has 21 heavy (non-hydrogen) atoms. The summed E-state index contributed by atoms with van der Waals surface area (Å²) in [5.41, 5.74) is 0.157. The minimum atomic E-state index is -4.32. The van der Waals surface area contributed by atoms with E-state index < -0.39 is 11.7 Å². The highest BCUT2D eigenvalue weighted by molar-refractivity contribution is 5.73. The van der Waals surface area contributed by atoms with Crippen molar-refractivity contribution < 1.29 is 22.7 Å². The van der Waals surface area contributed by atoms with Gasteiger partial charge in [0.15, 0.2) is 0 Å². The SMILES string of the molecule is COC(=O)[C@H]1CNCC[C@H]1Cc1ccc(C(F)(F)F)cc1. The number of alkyl halides is 3. The van der Waals surface area contributed by atoms with Gasteiger partial charge in [-0.1, -0.05) is 12.1 Å². The number of esters is 1. The van der Waals surface area contributed by atoms with Gasteiger partial charge in [0.1, 0.15) is 0 Å². The van der Waals surface area contributed by atoms with Crippen LogP contribution in [-0.4, -0.2) is 26.2 Å². The van der Waals surface area contributed by atoms with Crippen molar-refractivity contribution >= 4 is 5.97 Å². The van der Waals surface area contributed by atoms with Crippen molar-refractivity contribution in [2.75, 3.05) is 20.2 Å². The molecule has 0 bridgehead atoms. The van der Waals surface area contributed by atoms with Crippen LogP contribution >= 0.6 is 0 Å². The maximum atomic E-state index is 12.5. The zero-order chi connectivity index (χ0) is 15.5. The number of carbonyl (C=O) groups excluding carboxylic acids is 1. The lowest BCUT2D eigenvalue weighted by molar-refractivity contribution is -0.148. The Morgan fingerprint density at radius 1 is 1.33 bits per heavy atom.